The molecule has 2 rings (SSSR count). The van der Waals surface area contributed by atoms with E-state index < -0.39 is 0 Å². The van der Waals surface area contributed by atoms with Crippen molar-refractivity contribution in [1.29, 1.82) is 0 Å². The van der Waals surface area contributed by atoms with Gasteiger partial charge in [0.2, 0.25) is 0 Å². The minimum Gasteiger partial charge on any atom is -0.356 e. The zero-order chi connectivity index (χ0) is 19.1. The zero-order valence-corrected chi connectivity index (χ0v) is 20.4. The summed E-state index contributed by atoms with van der Waals surface area (Å²) < 4.78 is 1.95. The molecule has 8 heteroatoms. The van der Waals surface area contributed by atoms with Crippen LogP contribution in [0.3, 0.4) is 0 Å². The molecule has 2 heterocycles. The second-order valence-corrected chi connectivity index (χ2v) is 7.80. The molecule has 0 spiro atoms. The van der Waals surface area contributed by atoms with Gasteiger partial charge in [-0.05, 0) is 58.9 Å². The lowest BCUT2D eigenvalue weighted by molar-refractivity contribution is 0.625. The highest BCUT2D eigenvalue weighted by Crippen LogP contribution is 2.14. The second kappa shape index (κ2) is 11.6. The minimum absolute atomic E-state index is 0. The first kappa shape index (κ1) is 23.9. The van der Waals surface area contributed by atoms with Gasteiger partial charge in [-0.2, -0.15) is 5.10 Å². The number of nitrogens with one attached hydrogen (secondary N) is 2. The van der Waals surface area contributed by atoms with Crippen LogP contribution in [0.5, 0.6) is 0 Å². The molecule has 6 nitrogen and oxygen atoms in total. The number of hydrogen-bond acceptors (Lipinski definition) is 4. The summed E-state index contributed by atoms with van der Waals surface area (Å²) in [5, 5.41) is 14.7. The summed E-state index contributed by atoms with van der Waals surface area (Å²) in [5.41, 5.74) is 4.79. The Morgan fingerprint density at radius 3 is 2.59 bits per heavy atom. The average Bonchev–Trinajstić information content (AvgIpc) is 3.11. The first-order valence-electron chi connectivity index (χ1n) is 9.28. The highest BCUT2D eigenvalue weighted by Gasteiger charge is 2.13. The number of rotatable bonds is 8. The average molecular weight is 504 g/mol. The van der Waals surface area contributed by atoms with Crippen LogP contribution in [0.4, 0.5) is 0 Å². The number of hydrogen-bond donors (Lipinski definition) is 2. The molecule has 2 N–H and O–H groups in total. The largest absolute Gasteiger partial charge is 0.356 e. The molecule has 1 atom stereocenters. The summed E-state index contributed by atoms with van der Waals surface area (Å²) >= 11 is 1.76. The van der Waals surface area contributed by atoms with Crippen LogP contribution in [0, 0.1) is 20.8 Å². The predicted octanol–water partition coefficient (Wildman–Crippen LogP) is 3.54. The number of aryl methyl sites for hydroxylation is 4. The SMILES string of the molecule is CN=C(NCCCCc1nc(C)cs1)NC(C)Cc1c(C)nn(C)c1C.I. The zero-order valence-electron chi connectivity index (χ0n) is 17.3. The summed E-state index contributed by atoms with van der Waals surface area (Å²) in [6.45, 7) is 9.35. The maximum atomic E-state index is 4.51. The summed E-state index contributed by atoms with van der Waals surface area (Å²) in [5.74, 6) is 0.863. The Hall–Kier alpha value is -1.16. The van der Waals surface area contributed by atoms with Gasteiger partial charge in [-0.15, -0.1) is 35.3 Å². The first-order valence-corrected chi connectivity index (χ1v) is 10.2. The third-order valence-corrected chi connectivity index (χ3v) is 5.58. The van der Waals surface area contributed by atoms with Crippen LogP contribution in [-0.4, -0.2) is 40.4 Å². The summed E-state index contributed by atoms with van der Waals surface area (Å²) in [6, 6.07) is 0.293. The van der Waals surface area contributed by atoms with Gasteiger partial charge in [0.05, 0.1) is 10.7 Å². The van der Waals surface area contributed by atoms with E-state index in [2.05, 4.69) is 51.9 Å². The maximum absolute atomic E-state index is 4.51. The quantitative estimate of drug-likeness (QED) is 0.250. The van der Waals surface area contributed by atoms with Gasteiger partial charge in [0.15, 0.2) is 5.96 Å². The fourth-order valence-electron chi connectivity index (χ4n) is 3.02. The van der Waals surface area contributed by atoms with Crippen molar-refractivity contribution >= 4 is 41.3 Å². The normalized spacial score (nSPS) is 12.6. The van der Waals surface area contributed by atoms with Gasteiger partial charge in [-0.3, -0.25) is 9.67 Å². The molecule has 1 unspecified atom stereocenters. The van der Waals surface area contributed by atoms with Gasteiger partial charge in [-0.25, -0.2) is 4.98 Å². The molecule has 0 fully saturated rings. The van der Waals surface area contributed by atoms with Gasteiger partial charge < -0.3 is 10.6 Å². The first-order chi connectivity index (χ1) is 12.4. The molecule has 0 aliphatic carbocycles. The van der Waals surface area contributed by atoms with Crippen molar-refractivity contribution in [3.63, 3.8) is 0 Å². The fraction of sp³-hybridized carbons (Fsp3) is 0.632. The molecule has 0 amide bonds. The predicted molar refractivity (Wildman–Crippen MR) is 126 cm³/mol. The number of guanidine groups is 1. The van der Waals surface area contributed by atoms with Crippen molar-refractivity contribution in [2.24, 2.45) is 12.0 Å². The molecule has 0 saturated heterocycles. The summed E-state index contributed by atoms with van der Waals surface area (Å²) in [7, 11) is 3.82. The van der Waals surface area contributed by atoms with Gasteiger partial charge >= 0.3 is 0 Å². The maximum Gasteiger partial charge on any atom is 0.191 e. The molecular formula is C19H33IN6S. The van der Waals surface area contributed by atoms with Crippen LogP contribution in [0.2, 0.25) is 0 Å². The van der Waals surface area contributed by atoms with E-state index in [0.717, 1.165) is 49.6 Å². The minimum atomic E-state index is 0. The second-order valence-electron chi connectivity index (χ2n) is 6.86. The van der Waals surface area contributed by atoms with E-state index in [1.54, 1.807) is 11.3 Å². The lowest BCUT2D eigenvalue weighted by atomic mass is 10.1. The fourth-order valence-corrected chi connectivity index (χ4v) is 3.84. The number of aliphatic imine (C=N–C) groups is 1. The Labute approximate surface area is 184 Å². The Kier molecular flexibility index (Phi) is 10.3. The van der Waals surface area contributed by atoms with Crippen molar-refractivity contribution in [1.82, 2.24) is 25.4 Å². The number of unbranched alkanes of at least 4 members (excludes halogenated alkanes) is 1. The summed E-state index contributed by atoms with van der Waals surface area (Å²) in [4.78, 5) is 8.85. The molecule has 0 aromatic carbocycles. The highest BCUT2D eigenvalue weighted by molar-refractivity contribution is 14.0. The van der Waals surface area contributed by atoms with E-state index >= 15 is 0 Å². The number of aromatic nitrogens is 3. The number of thiazole rings is 1. The molecule has 0 saturated carbocycles. The standard InChI is InChI=1S/C19H32N6S.HI/c1-13(11-17-15(3)24-25(6)16(17)4)23-19(20-5)21-10-8-7-9-18-22-14(2)12-26-18;/h12-13H,7-11H2,1-6H3,(H2,20,21,23);1H. The van der Waals surface area contributed by atoms with Crippen LogP contribution in [0.1, 0.15) is 47.4 Å². The van der Waals surface area contributed by atoms with Crippen LogP contribution >= 0.6 is 35.3 Å². The number of halogens is 1. The molecule has 27 heavy (non-hydrogen) atoms. The van der Waals surface area contributed by atoms with Gasteiger partial charge in [0.1, 0.15) is 0 Å². The lowest BCUT2D eigenvalue weighted by Gasteiger charge is -2.18. The molecular weight excluding hydrogens is 471 g/mol. The Morgan fingerprint density at radius 2 is 2.04 bits per heavy atom. The van der Waals surface area contributed by atoms with Crippen molar-refractivity contribution in [2.45, 2.75) is 59.4 Å². The lowest BCUT2D eigenvalue weighted by Crippen LogP contribution is -2.43. The smallest absolute Gasteiger partial charge is 0.191 e. The third kappa shape index (κ3) is 7.40. The van der Waals surface area contributed by atoms with Crippen LogP contribution in [0.15, 0.2) is 10.4 Å². The summed E-state index contributed by atoms with van der Waals surface area (Å²) in [6.07, 6.45) is 4.24. The Morgan fingerprint density at radius 1 is 1.30 bits per heavy atom. The van der Waals surface area contributed by atoms with Crippen LogP contribution in [-0.2, 0) is 19.9 Å². The molecule has 0 aliphatic heterocycles. The topological polar surface area (TPSA) is 67.1 Å². The molecule has 0 bridgehead atoms. The van der Waals surface area contributed by atoms with E-state index in [1.807, 2.05) is 25.7 Å². The van der Waals surface area contributed by atoms with Crippen LogP contribution in [0.25, 0.3) is 0 Å². The van der Waals surface area contributed by atoms with Gasteiger partial charge in [0, 0.05) is 43.4 Å². The Bertz CT molecular complexity index is 737. The third-order valence-electron chi connectivity index (χ3n) is 4.55. The van der Waals surface area contributed by atoms with Crippen molar-refractivity contribution in [3.8, 4) is 0 Å². The van der Waals surface area contributed by atoms with E-state index in [0.29, 0.717) is 6.04 Å². The van der Waals surface area contributed by atoms with E-state index in [9.17, 15) is 0 Å². The Balaban J connectivity index is 0.00000364. The van der Waals surface area contributed by atoms with Crippen LogP contribution < -0.4 is 10.6 Å². The molecule has 0 radical (unpaired) electrons. The van der Waals surface area contributed by atoms with Crippen molar-refractivity contribution < 1.29 is 0 Å². The molecule has 2 aromatic heterocycles. The van der Waals surface area contributed by atoms with Crippen molar-refractivity contribution in [3.05, 3.63) is 33.0 Å². The van der Waals surface area contributed by atoms with Gasteiger partial charge in [-0.1, -0.05) is 0 Å². The molecule has 0 aliphatic rings. The van der Waals surface area contributed by atoms with Crippen molar-refractivity contribution in [2.75, 3.05) is 13.6 Å². The van der Waals surface area contributed by atoms with E-state index in [1.165, 1.54) is 16.3 Å². The van der Waals surface area contributed by atoms with E-state index in [-0.39, 0.29) is 24.0 Å². The van der Waals surface area contributed by atoms with E-state index in [4.69, 9.17) is 0 Å². The number of nitrogens with zero attached hydrogens (tertiary/aromatic N) is 4. The highest BCUT2D eigenvalue weighted by atomic mass is 127. The monoisotopic (exact) mass is 504 g/mol. The molecule has 152 valence electrons. The molecule has 2 aromatic rings. The van der Waals surface area contributed by atoms with Gasteiger partial charge in [0.25, 0.3) is 0 Å².